The molecule has 0 aliphatic carbocycles. The van der Waals surface area contributed by atoms with E-state index in [9.17, 15) is 4.39 Å². The zero-order valence-corrected chi connectivity index (χ0v) is 10.8. The van der Waals surface area contributed by atoms with E-state index in [-0.39, 0.29) is 5.95 Å². The largest absolute Gasteiger partial charge is 0.301 e. The molecule has 0 atom stereocenters. The fraction of sp³-hybridized carbons (Fsp3) is 0.125. The summed E-state index contributed by atoms with van der Waals surface area (Å²) in [5.41, 5.74) is 4.38. The number of halogens is 1. The molecule has 4 heteroatoms. The van der Waals surface area contributed by atoms with Crippen LogP contribution in [0.3, 0.4) is 0 Å². The second kappa shape index (κ2) is 4.27. The first-order valence-electron chi connectivity index (χ1n) is 6.58. The summed E-state index contributed by atoms with van der Waals surface area (Å²) in [6, 6.07) is 10.2. The smallest absolute Gasteiger partial charge is 0.213 e. The number of nitrogens with zero attached hydrogens (tertiary/aromatic N) is 3. The van der Waals surface area contributed by atoms with Crippen LogP contribution < -0.4 is 0 Å². The number of imidazole rings is 1. The summed E-state index contributed by atoms with van der Waals surface area (Å²) >= 11 is 0. The van der Waals surface area contributed by atoms with Crippen molar-refractivity contribution in [2.24, 2.45) is 0 Å². The van der Waals surface area contributed by atoms with Crippen molar-refractivity contribution in [3.8, 4) is 22.5 Å². The molecule has 98 valence electrons. The minimum Gasteiger partial charge on any atom is -0.301 e. The summed E-state index contributed by atoms with van der Waals surface area (Å²) in [4.78, 5) is 8.49. The number of rotatable bonds is 1. The first kappa shape index (κ1) is 11.3. The van der Waals surface area contributed by atoms with Crippen LogP contribution in [0.5, 0.6) is 0 Å². The average Bonchev–Trinajstić information content (AvgIpc) is 2.89. The van der Waals surface area contributed by atoms with E-state index in [1.165, 1.54) is 11.8 Å². The Morgan fingerprint density at radius 3 is 2.65 bits per heavy atom. The summed E-state index contributed by atoms with van der Waals surface area (Å²) in [6.07, 6.45) is 5.73. The van der Waals surface area contributed by atoms with Crippen LogP contribution >= 0.6 is 0 Å². The Kier molecular flexibility index (Phi) is 2.42. The van der Waals surface area contributed by atoms with Gasteiger partial charge in [0.15, 0.2) is 0 Å². The van der Waals surface area contributed by atoms with Crippen molar-refractivity contribution in [3.05, 3.63) is 60.4 Å². The predicted octanol–water partition coefficient (Wildman–Crippen LogP) is 3.31. The molecule has 0 saturated heterocycles. The molecule has 3 heterocycles. The monoisotopic (exact) mass is 265 g/mol. The maximum atomic E-state index is 13.6. The van der Waals surface area contributed by atoms with E-state index in [4.69, 9.17) is 0 Å². The summed E-state index contributed by atoms with van der Waals surface area (Å²) in [6.45, 7) is 0.623. The Morgan fingerprint density at radius 1 is 1.00 bits per heavy atom. The number of fused-ring (bicyclic) bond motifs is 3. The van der Waals surface area contributed by atoms with Crippen molar-refractivity contribution >= 4 is 0 Å². The zero-order chi connectivity index (χ0) is 13.5. The minimum atomic E-state index is -0.282. The number of hydrogen-bond donors (Lipinski definition) is 0. The molecule has 1 aliphatic heterocycles. The highest BCUT2D eigenvalue weighted by Crippen LogP contribution is 2.34. The molecule has 4 rings (SSSR count). The van der Waals surface area contributed by atoms with Crippen molar-refractivity contribution in [2.45, 2.75) is 13.0 Å². The Balaban J connectivity index is 1.95. The second-order valence-electron chi connectivity index (χ2n) is 4.89. The van der Waals surface area contributed by atoms with Crippen LogP contribution in [0.1, 0.15) is 5.56 Å². The van der Waals surface area contributed by atoms with Crippen LogP contribution in [0, 0.1) is 5.95 Å². The van der Waals surface area contributed by atoms with E-state index >= 15 is 0 Å². The van der Waals surface area contributed by atoms with Crippen LogP contribution in [-0.2, 0) is 13.0 Å². The van der Waals surface area contributed by atoms with E-state index in [1.54, 1.807) is 10.8 Å². The Hall–Kier alpha value is -2.49. The van der Waals surface area contributed by atoms with Gasteiger partial charge in [0, 0.05) is 30.1 Å². The normalized spacial score (nSPS) is 12.8. The minimum absolute atomic E-state index is 0.282. The van der Waals surface area contributed by atoms with Gasteiger partial charge in [-0.1, -0.05) is 30.3 Å². The molecule has 0 bridgehead atoms. The average molecular weight is 265 g/mol. The summed E-state index contributed by atoms with van der Waals surface area (Å²) in [5, 5.41) is 0. The number of benzene rings is 1. The Labute approximate surface area is 115 Å². The van der Waals surface area contributed by atoms with E-state index in [1.807, 2.05) is 24.4 Å². The van der Waals surface area contributed by atoms with E-state index < -0.39 is 0 Å². The van der Waals surface area contributed by atoms with Gasteiger partial charge in [0.1, 0.15) is 5.82 Å². The van der Waals surface area contributed by atoms with Crippen LogP contribution in [-0.4, -0.2) is 14.5 Å². The van der Waals surface area contributed by atoms with Crippen LogP contribution in [0.4, 0.5) is 4.39 Å². The van der Waals surface area contributed by atoms with Crippen molar-refractivity contribution in [3.63, 3.8) is 0 Å². The molecular weight excluding hydrogens is 253 g/mol. The fourth-order valence-electron chi connectivity index (χ4n) is 2.82. The second-order valence-corrected chi connectivity index (χ2v) is 4.89. The first-order chi connectivity index (χ1) is 9.84. The predicted molar refractivity (Wildman–Crippen MR) is 74.6 cm³/mol. The standard InChI is InChI=1S/C16H12FN3/c17-15-10-19-16-14-9-18-8-13(11-4-2-1-3-5-11)12(14)6-7-20(15)16/h1-5,8-10H,6-7H2. The van der Waals surface area contributed by atoms with Crippen molar-refractivity contribution in [2.75, 3.05) is 0 Å². The molecule has 1 aromatic carbocycles. The highest BCUT2D eigenvalue weighted by molar-refractivity contribution is 5.75. The lowest BCUT2D eigenvalue weighted by atomic mass is 9.94. The quantitative estimate of drug-likeness (QED) is 0.676. The summed E-state index contributed by atoms with van der Waals surface area (Å²) in [5.74, 6) is 0.393. The maximum absolute atomic E-state index is 13.6. The third-order valence-corrected chi connectivity index (χ3v) is 3.78. The van der Waals surface area contributed by atoms with Crippen molar-refractivity contribution in [1.82, 2.24) is 14.5 Å². The lowest BCUT2D eigenvalue weighted by molar-refractivity contribution is 0.494. The summed E-state index contributed by atoms with van der Waals surface area (Å²) < 4.78 is 15.2. The van der Waals surface area contributed by atoms with E-state index in [0.29, 0.717) is 12.4 Å². The zero-order valence-electron chi connectivity index (χ0n) is 10.8. The number of aromatic nitrogens is 3. The van der Waals surface area contributed by atoms with Gasteiger partial charge in [-0.25, -0.2) is 4.98 Å². The SMILES string of the molecule is Fc1cnc2n1CCc1c(-c3ccccc3)cncc1-2. The first-order valence-corrected chi connectivity index (χ1v) is 6.58. The molecule has 0 saturated carbocycles. The number of pyridine rings is 1. The molecule has 0 amide bonds. The molecule has 3 nitrogen and oxygen atoms in total. The molecular formula is C16H12FN3. The van der Waals surface area contributed by atoms with Gasteiger partial charge >= 0.3 is 0 Å². The van der Waals surface area contributed by atoms with Gasteiger partial charge in [-0.05, 0) is 17.5 Å². The Morgan fingerprint density at radius 2 is 1.80 bits per heavy atom. The van der Waals surface area contributed by atoms with Gasteiger partial charge in [0.2, 0.25) is 5.95 Å². The van der Waals surface area contributed by atoms with E-state index in [0.717, 1.165) is 23.1 Å². The highest BCUT2D eigenvalue weighted by Gasteiger charge is 2.22. The molecule has 3 aromatic rings. The van der Waals surface area contributed by atoms with E-state index in [2.05, 4.69) is 22.1 Å². The van der Waals surface area contributed by atoms with Crippen LogP contribution in [0.2, 0.25) is 0 Å². The maximum Gasteiger partial charge on any atom is 0.213 e. The Bertz CT molecular complexity index is 778. The molecule has 0 N–H and O–H groups in total. The van der Waals surface area contributed by atoms with Crippen molar-refractivity contribution in [1.29, 1.82) is 0 Å². The third-order valence-electron chi connectivity index (χ3n) is 3.78. The van der Waals surface area contributed by atoms with Gasteiger partial charge < -0.3 is 4.57 Å². The number of hydrogen-bond acceptors (Lipinski definition) is 2. The van der Waals surface area contributed by atoms with Crippen molar-refractivity contribution < 1.29 is 4.39 Å². The summed E-state index contributed by atoms with van der Waals surface area (Å²) in [7, 11) is 0. The highest BCUT2D eigenvalue weighted by atomic mass is 19.1. The lowest BCUT2D eigenvalue weighted by Crippen LogP contribution is -2.14. The van der Waals surface area contributed by atoms with Gasteiger partial charge in [-0.3, -0.25) is 4.98 Å². The molecule has 20 heavy (non-hydrogen) atoms. The third kappa shape index (κ3) is 1.58. The van der Waals surface area contributed by atoms with Gasteiger partial charge in [-0.2, -0.15) is 4.39 Å². The van der Waals surface area contributed by atoms with Gasteiger partial charge in [0.25, 0.3) is 0 Å². The van der Waals surface area contributed by atoms with Gasteiger partial charge in [0.05, 0.1) is 6.20 Å². The molecule has 1 aliphatic rings. The lowest BCUT2D eigenvalue weighted by Gasteiger charge is -2.20. The molecule has 0 radical (unpaired) electrons. The van der Waals surface area contributed by atoms with Crippen LogP contribution in [0.15, 0.2) is 48.9 Å². The molecule has 0 spiro atoms. The molecule has 0 unspecified atom stereocenters. The topological polar surface area (TPSA) is 30.7 Å². The fourth-order valence-corrected chi connectivity index (χ4v) is 2.82. The molecule has 0 fully saturated rings. The van der Waals surface area contributed by atoms with Gasteiger partial charge in [-0.15, -0.1) is 0 Å². The van der Waals surface area contributed by atoms with Crippen LogP contribution in [0.25, 0.3) is 22.5 Å². The molecule has 2 aromatic heterocycles.